The third-order valence-electron chi connectivity index (χ3n) is 3.42. The molecule has 0 aromatic carbocycles. The number of carbonyl (C=O) groups is 1. The summed E-state index contributed by atoms with van der Waals surface area (Å²) >= 11 is 0. The fourth-order valence-electron chi connectivity index (χ4n) is 2.15. The molecule has 0 spiro atoms. The van der Waals surface area contributed by atoms with Gasteiger partial charge >= 0.3 is 0 Å². The molecule has 2 aromatic heterocycles. The molecule has 0 aliphatic rings. The van der Waals surface area contributed by atoms with Crippen molar-refractivity contribution >= 4 is 5.91 Å². The highest BCUT2D eigenvalue weighted by Gasteiger charge is 2.22. The minimum absolute atomic E-state index is 0.0107. The monoisotopic (exact) mass is 301 g/mol. The Bertz CT molecular complexity index is 670. The van der Waals surface area contributed by atoms with Crippen molar-refractivity contribution in [2.45, 2.75) is 12.6 Å². The first-order valence-corrected chi connectivity index (χ1v) is 6.94. The molecule has 22 heavy (non-hydrogen) atoms. The van der Waals surface area contributed by atoms with Crippen LogP contribution in [0.2, 0.25) is 0 Å². The highest BCUT2D eigenvalue weighted by atomic mass is 16.5. The van der Waals surface area contributed by atoms with Gasteiger partial charge in [0.1, 0.15) is 6.54 Å². The average molecular weight is 301 g/mol. The van der Waals surface area contributed by atoms with E-state index in [9.17, 15) is 9.59 Å². The number of methoxy groups -OCH3 is 1. The van der Waals surface area contributed by atoms with Crippen molar-refractivity contribution in [1.82, 2.24) is 14.5 Å². The second kappa shape index (κ2) is 7.51. The van der Waals surface area contributed by atoms with Crippen LogP contribution in [-0.2, 0) is 16.1 Å². The number of nitrogens with zero attached hydrogens (tertiary/aromatic N) is 3. The van der Waals surface area contributed by atoms with E-state index in [1.807, 2.05) is 18.2 Å². The van der Waals surface area contributed by atoms with E-state index >= 15 is 0 Å². The minimum Gasteiger partial charge on any atom is -0.382 e. The maximum Gasteiger partial charge on any atom is 0.250 e. The van der Waals surface area contributed by atoms with Crippen molar-refractivity contribution < 1.29 is 9.53 Å². The quantitative estimate of drug-likeness (QED) is 0.801. The van der Waals surface area contributed by atoms with Gasteiger partial charge in [0.2, 0.25) is 5.91 Å². The predicted molar refractivity (Wildman–Crippen MR) is 82.3 cm³/mol. The third kappa shape index (κ3) is 3.79. The van der Waals surface area contributed by atoms with Gasteiger partial charge in [0.15, 0.2) is 0 Å². The topological polar surface area (TPSA) is 64.4 Å². The van der Waals surface area contributed by atoms with E-state index in [2.05, 4.69) is 4.98 Å². The molecule has 0 aliphatic carbocycles. The second-order valence-electron chi connectivity index (χ2n) is 4.90. The number of rotatable bonds is 6. The molecule has 0 unspecified atom stereocenters. The molecule has 1 atom stereocenters. The molecule has 116 valence electrons. The molecular weight excluding hydrogens is 282 g/mol. The number of aromatic nitrogens is 2. The van der Waals surface area contributed by atoms with Crippen LogP contribution < -0.4 is 5.56 Å². The van der Waals surface area contributed by atoms with Gasteiger partial charge in [0.05, 0.1) is 18.3 Å². The lowest BCUT2D eigenvalue weighted by Crippen LogP contribution is -2.38. The van der Waals surface area contributed by atoms with E-state index in [0.29, 0.717) is 6.61 Å². The highest BCUT2D eigenvalue weighted by molar-refractivity contribution is 5.76. The summed E-state index contributed by atoms with van der Waals surface area (Å²) in [6.07, 6.45) is 3.28. The lowest BCUT2D eigenvalue weighted by atomic mass is 10.1. The Morgan fingerprint density at radius 3 is 2.73 bits per heavy atom. The summed E-state index contributed by atoms with van der Waals surface area (Å²) in [5.41, 5.74) is 0.547. The third-order valence-corrected chi connectivity index (χ3v) is 3.42. The van der Waals surface area contributed by atoms with Crippen LogP contribution >= 0.6 is 0 Å². The maximum absolute atomic E-state index is 12.4. The Kier molecular flexibility index (Phi) is 5.43. The van der Waals surface area contributed by atoms with Crippen LogP contribution in [0.1, 0.15) is 11.7 Å². The predicted octanol–water partition coefficient (Wildman–Crippen LogP) is 1.09. The van der Waals surface area contributed by atoms with Crippen LogP contribution in [-0.4, -0.2) is 41.1 Å². The molecule has 0 N–H and O–H groups in total. The van der Waals surface area contributed by atoms with Crippen LogP contribution in [0.3, 0.4) is 0 Å². The fraction of sp³-hybridized carbons (Fsp3) is 0.312. The van der Waals surface area contributed by atoms with Crippen molar-refractivity contribution in [3.63, 3.8) is 0 Å². The van der Waals surface area contributed by atoms with Crippen LogP contribution in [0.4, 0.5) is 0 Å². The van der Waals surface area contributed by atoms with Crippen LogP contribution in [0.25, 0.3) is 0 Å². The molecule has 0 saturated heterocycles. The lowest BCUT2D eigenvalue weighted by molar-refractivity contribution is -0.134. The smallest absolute Gasteiger partial charge is 0.250 e. The standard InChI is InChI=1S/C16H19N3O3/c1-18(14(12-22-2)13-7-3-5-9-17-13)16(21)11-19-10-6-4-8-15(19)20/h3-10,14H,11-12H2,1-2H3/t14-/m1/s1. The summed E-state index contributed by atoms with van der Waals surface area (Å²) in [4.78, 5) is 30.0. The molecule has 0 bridgehead atoms. The van der Waals surface area contributed by atoms with E-state index < -0.39 is 0 Å². The zero-order chi connectivity index (χ0) is 15.9. The molecule has 2 aromatic rings. The summed E-state index contributed by atoms with van der Waals surface area (Å²) in [5, 5.41) is 0. The molecule has 0 saturated carbocycles. The van der Waals surface area contributed by atoms with Crippen LogP contribution in [0, 0.1) is 0 Å². The Morgan fingerprint density at radius 2 is 2.09 bits per heavy atom. The Hall–Kier alpha value is -2.47. The summed E-state index contributed by atoms with van der Waals surface area (Å²) in [5.74, 6) is -0.180. The van der Waals surface area contributed by atoms with Crippen molar-refractivity contribution in [2.75, 3.05) is 20.8 Å². The van der Waals surface area contributed by atoms with Gasteiger partial charge in [0.25, 0.3) is 5.56 Å². The number of hydrogen-bond donors (Lipinski definition) is 0. The molecular formula is C16H19N3O3. The number of ether oxygens (including phenoxy) is 1. The zero-order valence-corrected chi connectivity index (χ0v) is 12.7. The van der Waals surface area contributed by atoms with Gasteiger partial charge in [-0.1, -0.05) is 12.1 Å². The first kappa shape index (κ1) is 15.9. The number of amides is 1. The van der Waals surface area contributed by atoms with Gasteiger partial charge in [-0.25, -0.2) is 0 Å². The second-order valence-corrected chi connectivity index (χ2v) is 4.90. The van der Waals surface area contributed by atoms with Gasteiger partial charge in [-0.05, 0) is 18.2 Å². The van der Waals surface area contributed by atoms with E-state index in [1.54, 1.807) is 43.6 Å². The van der Waals surface area contributed by atoms with Crippen molar-refractivity contribution in [3.8, 4) is 0 Å². The van der Waals surface area contributed by atoms with Gasteiger partial charge in [-0.2, -0.15) is 0 Å². The van der Waals surface area contributed by atoms with Crippen LogP contribution in [0.15, 0.2) is 53.6 Å². The lowest BCUT2D eigenvalue weighted by Gasteiger charge is -2.27. The zero-order valence-electron chi connectivity index (χ0n) is 12.7. The van der Waals surface area contributed by atoms with Gasteiger partial charge in [-0.15, -0.1) is 0 Å². The summed E-state index contributed by atoms with van der Waals surface area (Å²) in [7, 11) is 3.27. The van der Waals surface area contributed by atoms with Gasteiger partial charge in [-0.3, -0.25) is 14.6 Å². The molecule has 0 radical (unpaired) electrons. The van der Waals surface area contributed by atoms with E-state index in [0.717, 1.165) is 5.69 Å². The highest BCUT2D eigenvalue weighted by Crippen LogP contribution is 2.17. The molecule has 0 aliphatic heterocycles. The first-order valence-electron chi connectivity index (χ1n) is 6.94. The number of likely N-dealkylation sites (N-methyl/N-ethyl adjacent to an activating group) is 1. The average Bonchev–Trinajstić information content (AvgIpc) is 2.55. The SMILES string of the molecule is COC[C@H](c1ccccn1)N(C)C(=O)Cn1ccccc1=O. The Balaban J connectivity index is 2.16. The van der Waals surface area contributed by atoms with Gasteiger partial charge < -0.3 is 14.2 Å². The van der Waals surface area contributed by atoms with E-state index in [-0.39, 0.29) is 24.1 Å². The molecule has 0 fully saturated rings. The summed E-state index contributed by atoms with van der Waals surface area (Å²) < 4.78 is 6.58. The minimum atomic E-state index is -0.293. The number of carbonyl (C=O) groups excluding carboxylic acids is 1. The molecule has 2 heterocycles. The fourth-order valence-corrected chi connectivity index (χ4v) is 2.15. The Labute approximate surface area is 129 Å². The van der Waals surface area contributed by atoms with E-state index in [1.165, 1.54) is 10.6 Å². The molecule has 6 nitrogen and oxygen atoms in total. The van der Waals surface area contributed by atoms with Crippen molar-refractivity contribution in [3.05, 3.63) is 64.8 Å². The molecule has 6 heteroatoms. The van der Waals surface area contributed by atoms with Crippen molar-refractivity contribution in [2.24, 2.45) is 0 Å². The van der Waals surface area contributed by atoms with E-state index in [4.69, 9.17) is 4.74 Å². The van der Waals surface area contributed by atoms with Crippen LogP contribution in [0.5, 0.6) is 0 Å². The summed E-state index contributed by atoms with van der Waals surface area (Å²) in [6.45, 7) is 0.326. The number of pyridine rings is 2. The Morgan fingerprint density at radius 1 is 1.32 bits per heavy atom. The first-order chi connectivity index (χ1) is 10.6. The largest absolute Gasteiger partial charge is 0.382 e. The molecule has 1 amide bonds. The number of hydrogen-bond acceptors (Lipinski definition) is 4. The normalized spacial score (nSPS) is 11.9. The molecule has 2 rings (SSSR count). The van der Waals surface area contributed by atoms with Gasteiger partial charge in [0, 0.05) is 32.6 Å². The maximum atomic E-state index is 12.4. The van der Waals surface area contributed by atoms with Crippen molar-refractivity contribution in [1.29, 1.82) is 0 Å². The summed E-state index contributed by atoms with van der Waals surface area (Å²) in [6, 6.07) is 10.0.